The van der Waals surface area contributed by atoms with Crippen LogP contribution in [0.25, 0.3) is 0 Å². The standard InChI is InChI=1S/C27H35N7O6/c1-5-15(2)23(33(3)21(35)12-22(36)40-4)26(38)30-19-10-9-16-7-6-8-17-11-20(34(24(16)17)27(19)39)25(37)28-13-18-14-29-32-31-18/h6-8,14-15,19-20,23H,5,9-13H2,1-4H3,(H,28,37)(H,30,38)(H,29,31,32)/t15-,19-,20-,23-/m0/s1. The van der Waals surface area contributed by atoms with E-state index in [0.29, 0.717) is 31.4 Å². The van der Waals surface area contributed by atoms with Gasteiger partial charge in [-0.1, -0.05) is 38.5 Å². The van der Waals surface area contributed by atoms with Crippen molar-refractivity contribution >= 4 is 35.3 Å². The van der Waals surface area contributed by atoms with Gasteiger partial charge in [-0.2, -0.15) is 15.4 Å². The van der Waals surface area contributed by atoms with Gasteiger partial charge in [-0.15, -0.1) is 0 Å². The first-order valence-corrected chi connectivity index (χ1v) is 13.3. The molecule has 2 aliphatic heterocycles. The highest BCUT2D eigenvalue weighted by atomic mass is 16.5. The Bertz CT molecular complexity index is 1280. The minimum atomic E-state index is -0.910. The average molecular weight is 554 g/mol. The molecule has 0 radical (unpaired) electrons. The van der Waals surface area contributed by atoms with Gasteiger partial charge in [-0.25, -0.2) is 0 Å². The van der Waals surface area contributed by atoms with E-state index in [1.165, 1.54) is 30.2 Å². The van der Waals surface area contributed by atoms with Crippen LogP contribution in [0.5, 0.6) is 0 Å². The van der Waals surface area contributed by atoms with Gasteiger partial charge in [-0.3, -0.25) is 28.9 Å². The number of nitrogens with zero attached hydrogens (tertiary/aromatic N) is 4. The van der Waals surface area contributed by atoms with Gasteiger partial charge >= 0.3 is 5.97 Å². The maximum atomic E-state index is 14.0. The number of aromatic nitrogens is 3. The van der Waals surface area contributed by atoms with E-state index >= 15 is 0 Å². The van der Waals surface area contributed by atoms with E-state index in [4.69, 9.17) is 0 Å². The SMILES string of the molecule is CC[C@H](C)[C@@H](C(=O)N[C@H]1CCc2cccc3c2N(C1=O)[C@H](C(=O)NCc1cn[nH]n1)C3)N(C)C(=O)CC(=O)OC. The van der Waals surface area contributed by atoms with Crippen LogP contribution in [0.2, 0.25) is 0 Å². The normalized spacial score (nSPS) is 19.2. The Balaban J connectivity index is 1.55. The third kappa shape index (κ3) is 5.82. The molecule has 0 fully saturated rings. The maximum Gasteiger partial charge on any atom is 0.315 e. The van der Waals surface area contributed by atoms with Gasteiger partial charge in [-0.05, 0) is 29.9 Å². The molecule has 4 amide bonds. The smallest absolute Gasteiger partial charge is 0.315 e. The molecule has 4 rings (SSSR count). The van der Waals surface area contributed by atoms with Gasteiger partial charge in [0, 0.05) is 13.5 Å². The molecule has 1 aromatic carbocycles. The zero-order valence-electron chi connectivity index (χ0n) is 23.1. The molecule has 40 heavy (non-hydrogen) atoms. The number of hydrogen-bond acceptors (Lipinski definition) is 8. The van der Waals surface area contributed by atoms with Gasteiger partial charge in [0.25, 0.3) is 0 Å². The number of anilines is 1. The Kier molecular flexibility index (Phi) is 8.80. The van der Waals surface area contributed by atoms with Crippen molar-refractivity contribution in [3.05, 3.63) is 41.2 Å². The number of hydrogen-bond donors (Lipinski definition) is 3. The largest absolute Gasteiger partial charge is 0.469 e. The topological polar surface area (TPSA) is 167 Å². The Morgan fingerprint density at radius 2 is 2.00 bits per heavy atom. The average Bonchev–Trinajstić information content (AvgIpc) is 3.58. The summed E-state index contributed by atoms with van der Waals surface area (Å²) in [6, 6.07) is 3.14. The van der Waals surface area contributed by atoms with E-state index in [-0.39, 0.29) is 24.3 Å². The number of carbonyl (C=O) groups excluding carboxylic acids is 5. The number of likely N-dealkylation sites (N-methyl/N-ethyl adjacent to an activating group) is 1. The highest BCUT2D eigenvalue weighted by Gasteiger charge is 2.44. The van der Waals surface area contributed by atoms with Crippen LogP contribution in [-0.2, 0) is 48.1 Å². The number of aromatic amines is 1. The summed E-state index contributed by atoms with van der Waals surface area (Å²) < 4.78 is 4.60. The van der Waals surface area contributed by atoms with Crippen molar-refractivity contribution in [3.8, 4) is 0 Å². The third-order valence-corrected chi connectivity index (χ3v) is 7.72. The molecule has 13 heteroatoms. The summed E-state index contributed by atoms with van der Waals surface area (Å²) in [5.41, 5.74) is 3.09. The fraction of sp³-hybridized carbons (Fsp3) is 0.519. The number of ether oxygens (including phenoxy) is 1. The second-order valence-electron chi connectivity index (χ2n) is 10.2. The van der Waals surface area contributed by atoms with Gasteiger partial charge < -0.3 is 20.3 Å². The summed E-state index contributed by atoms with van der Waals surface area (Å²) in [7, 11) is 2.66. The number of esters is 1. The lowest BCUT2D eigenvalue weighted by atomic mass is 9.95. The number of amides is 4. The number of rotatable bonds is 10. The first-order valence-electron chi connectivity index (χ1n) is 13.3. The summed E-state index contributed by atoms with van der Waals surface area (Å²) >= 11 is 0. The Hall–Kier alpha value is -4.29. The molecule has 3 heterocycles. The first kappa shape index (κ1) is 28.7. The van der Waals surface area contributed by atoms with Gasteiger partial charge in [0.15, 0.2) is 0 Å². The molecular weight excluding hydrogens is 518 g/mol. The van der Waals surface area contributed by atoms with Crippen molar-refractivity contribution in [2.24, 2.45) is 5.92 Å². The zero-order valence-corrected chi connectivity index (χ0v) is 23.1. The molecule has 214 valence electrons. The van der Waals surface area contributed by atoms with Crippen LogP contribution >= 0.6 is 0 Å². The third-order valence-electron chi connectivity index (χ3n) is 7.72. The molecule has 0 aliphatic carbocycles. The lowest BCUT2D eigenvalue weighted by Gasteiger charge is -2.33. The molecule has 0 unspecified atom stereocenters. The maximum absolute atomic E-state index is 14.0. The number of methoxy groups -OCH3 is 1. The minimum absolute atomic E-state index is 0.153. The zero-order chi connectivity index (χ0) is 29.0. The minimum Gasteiger partial charge on any atom is -0.469 e. The van der Waals surface area contributed by atoms with Crippen molar-refractivity contribution in [1.82, 2.24) is 30.9 Å². The highest BCUT2D eigenvalue weighted by molar-refractivity contribution is 6.08. The molecule has 2 aliphatic rings. The highest BCUT2D eigenvalue weighted by Crippen LogP contribution is 2.39. The van der Waals surface area contributed by atoms with Crippen LogP contribution in [0.3, 0.4) is 0 Å². The lowest BCUT2D eigenvalue weighted by molar-refractivity contribution is -0.150. The number of para-hydroxylation sites is 1. The summed E-state index contributed by atoms with van der Waals surface area (Å²) in [5.74, 6) is -2.72. The van der Waals surface area contributed by atoms with Crippen molar-refractivity contribution in [1.29, 1.82) is 0 Å². The van der Waals surface area contributed by atoms with Crippen LogP contribution in [0.15, 0.2) is 24.4 Å². The second kappa shape index (κ2) is 12.3. The van der Waals surface area contributed by atoms with Crippen molar-refractivity contribution in [2.75, 3.05) is 19.1 Å². The van der Waals surface area contributed by atoms with E-state index < -0.39 is 42.3 Å². The summed E-state index contributed by atoms with van der Waals surface area (Å²) in [6.07, 6.45) is 2.80. The fourth-order valence-corrected chi connectivity index (χ4v) is 5.35. The number of nitrogens with one attached hydrogen (secondary N) is 3. The monoisotopic (exact) mass is 553 g/mol. The number of benzene rings is 1. The second-order valence-corrected chi connectivity index (χ2v) is 10.2. The van der Waals surface area contributed by atoms with E-state index in [1.807, 2.05) is 32.0 Å². The number of H-pyrrole nitrogens is 1. The molecule has 2 aromatic rings. The molecule has 3 N–H and O–H groups in total. The molecule has 1 aromatic heterocycles. The quantitative estimate of drug-likeness (QED) is 0.278. The molecule has 0 saturated carbocycles. The molecular formula is C27H35N7O6. The van der Waals surface area contributed by atoms with E-state index in [0.717, 1.165) is 16.8 Å². The Morgan fingerprint density at radius 1 is 1.25 bits per heavy atom. The lowest BCUT2D eigenvalue weighted by Crippen LogP contribution is -2.58. The van der Waals surface area contributed by atoms with E-state index in [9.17, 15) is 24.0 Å². The van der Waals surface area contributed by atoms with Crippen LogP contribution in [0, 0.1) is 5.92 Å². The van der Waals surface area contributed by atoms with E-state index in [1.54, 1.807) is 0 Å². The summed E-state index contributed by atoms with van der Waals surface area (Å²) in [4.78, 5) is 68.0. The van der Waals surface area contributed by atoms with Crippen molar-refractivity contribution < 1.29 is 28.7 Å². The van der Waals surface area contributed by atoms with Crippen LogP contribution < -0.4 is 15.5 Å². The van der Waals surface area contributed by atoms with Gasteiger partial charge in [0.05, 0.1) is 25.5 Å². The Labute approximate surface area is 232 Å². The molecule has 4 atom stereocenters. The van der Waals surface area contributed by atoms with E-state index in [2.05, 4.69) is 30.8 Å². The predicted molar refractivity (Wildman–Crippen MR) is 143 cm³/mol. The van der Waals surface area contributed by atoms with Crippen molar-refractivity contribution in [2.45, 2.75) is 70.6 Å². The Morgan fingerprint density at radius 3 is 2.67 bits per heavy atom. The van der Waals surface area contributed by atoms with Crippen LogP contribution in [-0.4, -0.2) is 82.2 Å². The first-order chi connectivity index (χ1) is 19.2. The fourth-order valence-electron chi connectivity index (χ4n) is 5.35. The predicted octanol–water partition coefficient (Wildman–Crippen LogP) is 0.246. The summed E-state index contributed by atoms with van der Waals surface area (Å²) in [6.45, 7) is 3.88. The summed E-state index contributed by atoms with van der Waals surface area (Å²) in [5, 5.41) is 15.9. The number of carbonyl (C=O) groups is 5. The molecule has 13 nitrogen and oxygen atoms in total. The van der Waals surface area contributed by atoms with Crippen LogP contribution in [0.1, 0.15) is 49.9 Å². The molecule has 0 bridgehead atoms. The van der Waals surface area contributed by atoms with Crippen LogP contribution in [0.4, 0.5) is 5.69 Å². The van der Waals surface area contributed by atoms with Crippen molar-refractivity contribution in [3.63, 3.8) is 0 Å². The van der Waals surface area contributed by atoms with Gasteiger partial charge in [0.1, 0.15) is 30.2 Å². The van der Waals surface area contributed by atoms with Gasteiger partial charge in [0.2, 0.25) is 23.6 Å². The molecule has 0 saturated heterocycles. The molecule has 0 spiro atoms. The number of aryl methyl sites for hydroxylation is 1.